The Balaban J connectivity index is 1.65. The van der Waals surface area contributed by atoms with Gasteiger partial charge in [0.15, 0.2) is 0 Å². The lowest BCUT2D eigenvalue weighted by Crippen LogP contribution is -2.36. The summed E-state index contributed by atoms with van der Waals surface area (Å²) in [6.45, 7) is 3.28. The Bertz CT molecular complexity index is 772. The zero-order valence-electron chi connectivity index (χ0n) is 11.8. The fourth-order valence-corrected chi connectivity index (χ4v) is 2.85. The van der Waals surface area contributed by atoms with Gasteiger partial charge in [-0.3, -0.25) is 4.98 Å². The third-order valence-electron chi connectivity index (χ3n) is 3.49. The minimum absolute atomic E-state index is 0.726. The lowest BCUT2D eigenvalue weighted by Gasteiger charge is -2.28. The van der Waals surface area contributed by atoms with E-state index in [1.807, 2.05) is 18.3 Å². The van der Waals surface area contributed by atoms with Crippen LogP contribution in [-0.4, -0.2) is 46.5 Å². The van der Waals surface area contributed by atoms with Crippen molar-refractivity contribution in [3.05, 3.63) is 29.9 Å². The number of rotatable bonds is 3. The Hall–Kier alpha value is -2.32. The first-order valence-corrected chi connectivity index (χ1v) is 7.89. The topological polar surface area (TPSA) is 76.1 Å². The summed E-state index contributed by atoms with van der Waals surface area (Å²) >= 11 is 1.44. The number of morpholine rings is 1. The predicted octanol–water partition coefficient (Wildman–Crippen LogP) is 2.06. The molecule has 112 valence electrons. The zero-order chi connectivity index (χ0) is 14.8. The lowest BCUT2D eigenvalue weighted by atomic mass is 10.2. The quantitative estimate of drug-likeness (QED) is 0.793. The number of anilines is 3. The van der Waals surface area contributed by atoms with Crippen molar-refractivity contribution >= 4 is 39.0 Å². The van der Waals surface area contributed by atoms with E-state index < -0.39 is 0 Å². The molecule has 0 unspecified atom stereocenters. The van der Waals surface area contributed by atoms with Crippen LogP contribution in [0.25, 0.3) is 11.0 Å². The van der Waals surface area contributed by atoms with Gasteiger partial charge in [0.2, 0.25) is 5.13 Å². The number of fused-ring (bicyclic) bond motifs is 1. The van der Waals surface area contributed by atoms with Crippen molar-refractivity contribution < 1.29 is 4.74 Å². The van der Waals surface area contributed by atoms with Gasteiger partial charge >= 0.3 is 0 Å². The molecule has 1 saturated heterocycles. The number of nitrogens with zero attached hydrogens (tertiary/aromatic N) is 5. The van der Waals surface area contributed by atoms with Crippen molar-refractivity contribution in [2.24, 2.45) is 0 Å². The van der Waals surface area contributed by atoms with Gasteiger partial charge in [-0.05, 0) is 18.2 Å². The number of hydrogen-bond acceptors (Lipinski definition) is 8. The highest BCUT2D eigenvalue weighted by Crippen LogP contribution is 2.22. The van der Waals surface area contributed by atoms with Crippen molar-refractivity contribution in [2.75, 3.05) is 36.5 Å². The van der Waals surface area contributed by atoms with E-state index in [1.54, 1.807) is 5.51 Å². The molecule has 0 bridgehead atoms. The summed E-state index contributed by atoms with van der Waals surface area (Å²) in [5, 5.41) is 11.6. The van der Waals surface area contributed by atoms with Crippen molar-refractivity contribution in [3.8, 4) is 0 Å². The molecule has 1 aliphatic heterocycles. The summed E-state index contributed by atoms with van der Waals surface area (Å²) in [6, 6.07) is 5.92. The van der Waals surface area contributed by atoms with Gasteiger partial charge in [0.05, 0.1) is 36.1 Å². The first-order chi connectivity index (χ1) is 10.9. The molecule has 22 heavy (non-hydrogen) atoms. The summed E-state index contributed by atoms with van der Waals surface area (Å²) in [5.74, 6) is 0.741. The van der Waals surface area contributed by atoms with Crippen molar-refractivity contribution in [1.29, 1.82) is 0 Å². The minimum atomic E-state index is 0.726. The average Bonchev–Trinajstić information content (AvgIpc) is 3.08. The van der Waals surface area contributed by atoms with E-state index in [0.29, 0.717) is 0 Å². The van der Waals surface area contributed by atoms with Gasteiger partial charge in [-0.1, -0.05) is 11.3 Å². The molecule has 1 N–H and O–H groups in total. The van der Waals surface area contributed by atoms with Gasteiger partial charge in [-0.25, -0.2) is 4.98 Å². The van der Waals surface area contributed by atoms with Crippen LogP contribution in [0.1, 0.15) is 0 Å². The Morgan fingerprint density at radius 3 is 2.91 bits per heavy atom. The van der Waals surface area contributed by atoms with Crippen LogP contribution in [0.5, 0.6) is 0 Å². The second-order valence-electron chi connectivity index (χ2n) is 4.90. The molecule has 0 amide bonds. The smallest absolute Gasteiger partial charge is 0.210 e. The number of hydrogen-bond donors (Lipinski definition) is 1. The van der Waals surface area contributed by atoms with Crippen LogP contribution >= 0.6 is 11.3 Å². The Labute approximate surface area is 131 Å². The standard InChI is InChI=1S/C14H14N6OS/c1-2-13(18-14-19-16-9-22-14)17-12-7-10(8-15-11(1)12)20-3-5-21-6-4-20/h1-2,7-9H,3-6H2,(H,17,18,19). The molecule has 1 aliphatic rings. The van der Waals surface area contributed by atoms with E-state index in [4.69, 9.17) is 4.74 Å². The Morgan fingerprint density at radius 1 is 1.18 bits per heavy atom. The van der Waals surface area contributed by atoms with Crippen LogP contribution in [0.15, 0.2) is 29.9 Å². The first kappa shape index (κ1) is 13.4. The van der Waals surface area contributed by atoms with Gasteiger partial charge in [0, 0.05) is 13.1 Å². The minimum Gasteiger partial charge on any atom is -0.378 e. The molecule has 8 heteroatoms. The predicted molar refractivity (Wildman–Crippen MR) is 85.8 cm³/mol. The van der Waals surface area contributed by atoms with Crippen LogP contribution in [0.4, 0.5) is 16.6 Å². The third kappa shape index (κ3) is 2.70. The highest BCUT2D eigenvalue weighted by molar-refractivity contribution is 7.13. The molecule has 0 aromatic carbocycles. The van der Waals surface area contributed by atoms with Gasteiger partial charge < -0.3 is 15.0 Å². The number of pyridine rings is 2. The number of aromatic nitrogens is 4. The maximum absolute atomic E-state index is 5.39. The van der Waals surface area contributed by atoms with Crippen molar-refractivity contribution in [3.63, 3.8) is 0 Å². The van der Waals surface area contributed by atoms with Gasteiger partial charge in [-0.2, -0.15) is 0 Å². The van der Waals surface area contributed by atoms with E-state index >= 15 is 0 Å². The van der Waals surface area contributed by atoms with E-state index in [-0.39, 0.29) is 0 Å². The van der Waals surface area contributed by atoms with Crippen molar-refractivity contribution in [1.82, 2.24) is 20.2 Å². The Kier molecular flexibility index (Phi) is 3.53. The molecule has 3 aromatic heterocycles. The number of ether oxygens (including phenoxy) is 1. The maximum atomic E-state index is 5.39. The average molecular weight is 314 g/mol. The Morgan fingerprint density at radius 2 is 2.09 bits per heavy atom. The van der Waals surface area contributed by atoms with Gasteiger partial charge in [0.25, 0.3) is 0 Å². The molecule has 1 fully saturated rings. The lowest BCUT2D eigenvalue weighted by molar-refractivity contribution is 0.122. The summed E-state index contributed by atoms with van der Waals surface area (Å²) in [6.07, 6.45) is 1.90. The van der Waals surface area contributed by atoms with Crippen LogP contribution in [0.3, 0.4) is 0 Å². The highest BCUT2D eigenvalue weighted by atomic mass is 32.1. The fourth-order valence-electron chi connectivity index (χ4n) is 2.40. The molecule has 0 aliphatic carbocycles. The molecule has 0 saturated carbocycles. The third-order valence-corrected chi connectivity index (χ3v) is 4.10. The van der Waals surface area contributed by atoms with Gasteiger partial charge in [-0.15, -0.1) is 10.2 Å². The summed E-state index contributed by atoms with van der Waals surface area (Å²) < 4.78 is 5.39. The van der Waals surface area contributed by atoms with E-state index in [0.717, 1.165) is 54.0 Å². The highest BCUT2D eigenvalue weighted by Gasteiger charge is 2.12. The van der Waals surface area contributed by atoms with E-state index in [9.17, 15) is 0 Å². The number of nitrogens with one attached hydrogen (secondary N) is 1. The molecular weight excluding hydrogens is 300 g/mol. The fraction of sp³-hybridized carbons (Fsp3) is 0.286. The molecule has 0 atom stereocenters. The largest absolute Gasteiger partial charge is 0.378 e. The molecule has 7 nitrogen and oxygen atoms in total. The molecule has 4 heterocycles. The van der Waals surface area contributed by atoms with E-state index in [2.05, 4.69) is 36.4 Å². The van der Waals surface area contributed by atoms with Gasteiger partial charge in [0.1, 0.15) is 11.3 Å². The van der Waals surface area contributed by atoms with Crippen LogP contribution in [-0.2, 0) is 4.74 Å². The monoisotopic (exact) mass is 314 g/mol. The molecule has 3 aromatic rings. The first-order valence-electron chi connectivity index (χ1n) is 7.01. The van der Waals surface area contributed by atoms with Crippen LogP contribution in [0, 0.1) is 0 Å². The zero-order valence-corrected chi connectivity index (χ0v) is 12.6. The maximum Gasteiger partial charge on any atom is 0.210 e. The summed E-state index contributed by atoms with van der Waals surface area (Å²) in [5.41, 5.74) is 4.50. The molecule has 0 radical (unpaired) electrons. The van der Waals surface area contributed by atoms with Crippen LogP contribution in [0.2, 0.25) is 0 Å². The molecule has 4 rings (SSSR count). The summed E-state index contributed by atoms with van der Waals surface area (Å²) in [7, 11) is 0. The second kappa shape index (κ2) is 5.82. The molecule has 0 spiro atoms. The molecular formula is C14H14N6OS. The normalized spacial score (nSPS) is 15.2. The van der Waals surface area contributed by atoms with Crippen LogP contribution < -0.4 is 10.2 Å². The second-order valence-corrected chi connectivity index (χ2v) is 5.73. The SMILES string of the molecule is c1nnc(Nc2ccc3ncc(N4CCOCC4)cc3n2)s1. The summed E-state index contributed by atoms with van der Waals surface area (Å²) in [4.78, 5) is 11.4. The van der Waals surface area contributed by atoms with Crippen molar-refractivity contribution in [2.45, 2.75) is 0 Å². The van der Waals surface area contributed by atoms with E-state index in [1.165, 1.54) is 11.3 Å².